The summed E-state index contributed by atoms with van der Waals surface area (Å²) in [6.07, 6.45) is 1.99. The Kier molecular flexibility index (Phi) is 5.98. The number of methoxy groups -OCH3 is 1. The van der Waals surface area contributed by atoms with Crippen LogP contribution >= 0.6 is 0 Å². The molecule has 2 rings (SSSR count). The Morgan fingerprint density at radius 3 is 2.87 bits per heavy atom. The van der Waals surface area contributed by atoms with Gasteiger partial charge in [0.2, 0.25) is 0 Å². The SMILES string of the molecule is COC[C@@H]1CCCN1C(=O)NCc1cccc(C(=O)N(C)C)c1. The first-order valence-electron chi connectivity index (χ1n) is 7.87. The maximum atomic E-state index is 12.3. The van der Waals surface area contributed by atoms with Crippen molar-refractivity contribution in [2.45, 2.75) is 25.4 Å². The number of carbonyl (C=O) groups is 2. The van der Waals surface area contributed by atoms with Crippen LogP contribution in [0.15, 0.2) is 24.3 Å². The predicted molar refractivity (Wildman–Crippen MR) is 88.3 cm³/mol. The number of urea groups is 1. The largest absolute Gasteiger partial charge is 0.383 e. The predicted octanol–water partition coefficient (Wildman–Crippen LogP) is 1.71. The molecule has 23 heavy (non-hydrogen) atoms. The molecule has 0 spiro atoms. The number of hydrogen-bond acceptors (Lipinski definition) is 3. The van der Waals surface area contributed by atoms with E-state index in [2.05, 4.69) is 5.32 Å². The number of ether oxygens (including phenoxy) is 1. The number of amides is 3. The van der Waals surface area contributed by atoms with Crippen molar-refractivity contribution < 1.29 is 14.3 Å². The minimum Gasteiger partial charge on any atom is -0.383 e. The quantitative estimate of drug-likeness (QED) is 0.899. The lowest BCUT2D eigenvalue weighted by molar-refractivity contribution is 0.0827. The molecule has 126 valence electrons. The first kappa shape index (κ1) is 17.3. The molecule has 1 aromatic carbocycles. The zero-order valence-corrected chi connectivity index (χ0v) is 14.0. The van der Waals surface area contributed by atoms with E-state index in [-0.39, 0.29) is 18.0 Å². The number of rotatable bonds is 5. The van der Waals surface area contributed by atoms with Gasteiger partial charge in [-0.15, -0.1) is 0 Å². The van der Waals surface area contributed by atoms with E-state index >= 15 is 0 Å². The van der Waals surface area contributed by atoms with Crippen molar-refractivity contribution in [1.29, 1.82) is 0 Å². The monoisotopic (exact) mass is 319 g/mol. The fourth-order valence-electron chi connectivity index (χ4n) is 2.82. The minimum atomic E-state index is -0.0751. The summed E-state index contributed by atoms with van der Waals surface area (Å²) in [5, 5.41) is 2.93. The molecule has 3 amide bonds. The van der Waals surface area contributed by atoms with E-state index in [9.17, 15) is 9.59 Å². The van der Waals surface area contributed by atoms with Gasteiger partial charge in [-0.2, -0.15) is 0 Å². The van der Waals surface area contributed by atoms with E-state index in [0.29, 0.717) is 18.7 Å². The summed E-state index contributed by atoms with van der Waals surface area (Å²) in [4.78, 5) is 27.7. The Morgan fingerprint density at radius 1 is 1.39 bits per heavy atom. The van der Waals surface area contributed by atoms with Gasteiger partial charge in [0.15, 0.2) is 0 Å². The minimum absolute atomic E-state index is 0.0436. The molecule has 1 aliphatic heterocycles. The van der Waals surface area contributed by atoms with Crippen molar-refractivity contribution in [3.8, 4) is 0 Å². The highest BCUT2D eigenvalue weighted by atomic mass is 16.5. The molecule has 0 bridgehead atoms. The molecular formula is C17H25N3O3. The van der Waals surface area contributed by atoms with E-state index < -0.39 is 0 Å². The summed E-state index contributed by atoms with van der Waals surface area (Å²) in [6.45, 7) is 1.74. The van der Waals surface area contributed by atoms with Gasteiger partial charge in [0, 0.05) is 39.9 Å². The number of nitrogens with one attached hydrogen (secondary N) is 1. The van der Waals surface area contributed by atoms with Crippen molar-refractivity contribution in [1.82, 2.24) is 15.1 Å². The highest BCUT2D eigenvalue weighted by molar-refractivity contribution is 5.94. The summed E-state index contributed by atoms with van der Waals surface area (Å²) < 4.78 is 5.17. The second-order valence-corrected chi connectivity index (χ2v) is 6.00. The summed E-state index contributed by atoms with van der Waals surface area (Å²) in [6, 6.07) is 7.42. The molecule has 1 N–H and O–H groups in total. The molecule has 0 aliphatic carbocycles. The Labute approximate surface area is 137 Å². The van der Waals surface area contributed by atoms with Crippen LogP contribution in [0.25, 0.3) is 0 Å². The molecule has 6 heteroatoms. The molecule has 0 unspecified atom stereocenters. The van der Waals surface area contributed by atoms with Crippen molar-refractivity contribution in [3.05, 3.63) is 35.4 Å². The van der Waals surface area contributed by atoms with Crippen LogP contribution in [0.5, 0.6) is 0 Å². The lowest BCUT2D eigenvalue weighted by Crippen LogP contribution is -2.44. The first-order valence-corrected chi connectivity index (χ1v) is 7.87. The summed E-state index contributed by atoms with van der Waals surface area (Å²) in [5.74, 6) is -0.0436. The van der Waals surface area contributed by atoms with Crippen LogP contribution in [-0.2, 0) is 11.3 Å². The molecule has 1 atom stereocenters. The van der Waals surface area contributed by atoms with Gasteiger partial charge in [0.05, 0.1) is 12.6 Å². The third-order valence-electron chi connectivity index (χ3n) is 4.02. The number of hydrogen-bond donors (Lipinski definition) is 1. The average Bonchev–Trinajstić information content (AvgIpc) is 3.01. The van der Waals surface area contributed by atoms with Gasteiger partial charge in [-0.05, 0) is 30.5 Å². The molecular weight excluding hydrogens is 294 g/mol. The molecule has 6 nitrogen and oxygen atoms in total. The van der Waals surface area contributed by atoms with Crippen molar-refractivity contribution in [2.75, 3.05) is 34.4 Å². The lowest BCUT2D eigenvalue weighted by Gasteiger charge is -2.24. The van der Waals surface area contributed by atoms with Gasteiger partial charge in [-0.3, -0.25) is 4.79 Å². The van der Waals surface area contributed by atoms with Crippen LogP contribution in [-0.4, -0.2) is 62.1 Å². The van der Waals surface area contributed by atoms with E-state index in [4.69, 9.17) is 4.74 Å². The zero-order chi connectivity index (χ0) is 16.8. The summed E-state index contributed by atoms with van der Waals surface area (Å²) in [5.41, 5.74) is 1.54. The van der Waals surface area contributed by atoms with Crippen LogP contribution < -0.4 is 5.32 Å². The van der Waals surface area contributed by atoms with Gasteiger partial charge in [-0.1, -0.05) is 12.1 Å². The van der Waals surface area contributed by atoms with Crippen LogP contribution in [0.4, 0.5) is 4.79 Å². The van der Waals surface area contributed by atoms with Gasteiger partial charge in [0.25, 0.3) is 5.91 Å². The summed E-state index contributed by atoms with van der Waals surface area (Å²) >= 11 is 0. The average molecular weight is 319 g/mol. The number of likely N-dealkylation sites (tertiary alicyclic amines) is 1. The molecule has 0 radical (unpaired) electrons. The van der Waals surface area contributed by atoms with Gasteiger partial charge in [0.1, 0.15) is 0 Å². The summed E-state index contributed by atoms with van der Waals surface area (Å²) in [7, 11) is 5.10. The topological polar surface area (TPSA) is 61.9 Å². The normalized spacial score (nSPS) is 17.2. The Hall–Kier alpha value is -2.08. The molecule has 1 fully saturated rings. The van der Waals surface area contributed by atoms with Crippen LogP contribution in [0.2, 0.25) is 0 Å². The third-order valence-corrected chi connectivity index (χ3v) is 4.02. The van der Waals surface area contributed by atoms with Gasteiger partial charge in [-0.25, -0.2) is 4.79 Å². The maximum Gasteiger partial charge on any atom is 0.317 e. The first-order chi connectivity index (χ1) is 11.0. The standard InChI is InChI=1S/C17H25N3O3/c1-19(2)16(21)14-7-4-6-13(10-14)11-18-17(22)20-9-5-8-15(20)12-23-3/h4,6-7,10,15H,5,8-9,11-12H2,1-3H3,(H,18,22)/t15-/m0/s1. The number of nitrogens with zero attached hydrogens (tertiary/aromatic N) is 2. The van der Waals surface area contributed by atoms with Gasteiger partial charge >= 0.3 is 6.03 Å². The Balaban J connectivity index is 1.94. The molecule has 1 aromatic rings. The second-order valence-electron chi connectivity index (χ2n) is 6.00. The van der Waals surface area contributed by atoms with Crippen molar-refractivity contribution in [2.24, 2.45) is 0 Å². The Bertz CT molecular complexity index is 560. The van der Waals surface area contributed by atoms with Crippen LogP contribution in [0, 0.1) is 0 Å². The zero-order valence-electron chi connectivity index (χ0n) is 14.0. The third kappa shape index (κ3) is 4.45. The molecule has 0 aromatic heterocycles. The van der Waals surface area contributed by atoms with Crippen molar-refractivity contribution >= 4 is 11.9 Å². The highest BCUT2D eigenvalue weighted by Gasteiger charge is 2.28. The molecule has 1 heterocycles. The van der Waals surface area contributed by atoms with Crippen molar-refractivity contribution in [3.63, 3.8) is 0 Å². The fourth-order valence-corrected chi connectivity index (χ4v) is 2.82. The number of benzene rings is 1. The van der Waals surface area contributed by atoms with Crippen LogP contribution in [0.3, 0.4) is 0 Å². The fraction of sp³-hybridized carbons (Fsp3) is 0.529. The van der Waals surface area contributed by atoms with E-state index in [1.165, 1.54) is 4.90 Å². The van der Waals surface area contributed by atoms with E-state index in [1.807, 2.05) is 23.1 Å². The Morgan fingerprint density at radius 2 is 2.17 bits per heavy atom. The molecule has 1 saturated heterocycles. The second kappa shape index (κ2) is 7.97. The molecule has 1 aliphatic rings. The maximum absolute atomic E-state index is 12.3. The van der Waals surface area contributed by atoms with E-state index in [1.54, 1.807) is 27.3 Å². The van der Waals surface area contributed by atoms with Gasteiger partial charge < -0.3 is 19.9 Å². The van der Waals surface area contributed by atoms with E-state index in [0.717, 1.165) is 24.9 Å². The highest BCUT2D eigenvalue weighted by Crippen LogP contribution is 2.17. The molecule has 0 saturated carbocycles. The number of carbonyl (C=O) groups excluding carboxylic acids is 2. The van der Waals surface area contributed by atoms with Crippen LogP contribution in [0.1, 0.15) is 28.8 Å². The lowest BCUT2D eigenvalue weighted by atomic mass is 10.1. The smallest absolute Gasteiger partial charge is 0.317 e.